The molecule has 31 nitrogen and oxygen atoms in total. The Labute approximate surface area is 586 Å². The lowest BCUT2D eigenvalue weighted by Gasteiger charge is -2.72. The van der Waals surface area contributed by atoms with Crippen molar-refractivity contribution < 1.29 is 153 Å². The maximum atomic E-state index is 14.0. The van der Waals surface area contributed by atoms with Crippen LogP contribution in [-0.2, 0) is 71.2 Å². The number of carboxylic acid groups (broad SMARTS) is 1. The van der Waals surface area contributed by atoms with E-state index in [9.17, 15) is 96.1 Å². The number of aliphatic hydroxyl groups is 15. The maximum absolute atomic E-state index is 14.0. The number of allylic oxidation sites excluding steroid dienone is 4. The van der Waals surface area contributed by atoms with Gasteiger partial charge in [-0.3, -0.25) is 0 Å². The normalized spacial score (nSPS) is 50.7. The Hall–Kier alpha value is -3.37. The number of carbonyl (C=O) groups excluding carboxylic acids is 2. The van der Waals surface area contributed by atoms with E-state index in [1.165, 1.54) is 13.8 Å². The number of carboxylic acids is 1. The number of esters is 2. The second-order valence-electron chi connectivity index (χ2n) is 32.0. The summed E-state index contributed by atoms with van der Waals surface area (Å²) in [7, 11) is 0. The van der Waals surface area contributed by atoms with Crippen molar-refractivity contribution in [1.29, 1.82) is 0 Å². The summed E-state index contributed by atoms with van der Waals surface area (Å²) in [5.41, 5.74) is -3.29. The van der Waals surface area contributed by atoms with Crippen molar-refractivity contribution in [2.24, 2.45) is 50.2 Å². The van der Waals surface area contributed by atoms with E-state index in [1.807, 2.05) is 27.7 Å². The monoisotopic (exact) mass is 1450 g/mol. The summed E-state index contributed by atoms with van der Waals surface area (Å²) in [6.45, 7) is 21.3. The Morgan fingerprint density at radius 2 is 0.990 bits per heavy atom. The fourth-order valence-electron chi connectivity index (χ4n) is 19.2. The third-order valence-corrected chi connectivity index (χ3v) is 25.8. The van der Waals surface area contributed by atoms with Crippen molar-refractivity contribution in [3.05, 3.63) is 34.9 Å². The minimum absolute atomic E-state index is 0.0596. The summed E-state index contributed by atoms with van der Waals surface area (Å²) < 4.78 is 73.9. The van der Waals surface area contributed by atoms with Gasteiger partial charge in [-0.1, -0.05) is 72.3 Å². The summed E-state index contributed by atoms with van der Waals surface area (Å²) in [4.78, 5) is 41.4. The summed E-state index contributed by atoms with van der Waals surface area (Å²) in [6, 6.07) is 0. The van der Waals surface area contributed by atoms with Gasteiger partial charge in [0.05, 0.1) is 49.7 Å². The molecule has 4 saturated carbocycles. The van der Waals surface area contributed by atoms with Gasteiger partial charge >= 0.3 is 17.9 Å². The van der Waals surface area contributed by atoms with Crippen LogP contribution in [0.25, 0.3) is 0 Å². The Morgan fingerprint density at radius 1 is 0.525 bits per heavy atom. The molecule has 5 aliphatic carbocycles. The summed E-state index contributed by atoms with van der Waals surface area (Å²) in [5, 5.41) is 180. The molecular weight excluding hydrogens is 1340 g/mol. The first kappa shape index (κ1) is 80.2. The average Bonchev–Trinajstić information content (AvgIpc) is 0.668. The number of ether oxygens (including phenoxy) is 12. The third-order valence-electron chi connectivity index (χ3n) is 25.8. The standard InChI is InChI=1S/C70H110O31/c1-14-27(3)58(88)100-55-56(101-59(89)28(4)15-2)70(26-73)32(22-65(55,7)8)31-16-17-36-67(11)20-19-38(66(9,10)35(67)18-21-68(36,12)69(31,13)23-37(70)74)94-64-53(97-61-48(84)44(80)41(77)33(24-71)92-61)49(85)50(54(99-64)57(86)87)95-63-52(46(82)42(78)34(25-72)93-63)98-62-51(45(81)40(76)30(6)91-62)96-60-47(83)43(79)39(75)29(5)90-60/h14-16,29-30,32-56,60-64,71-85H,17-26H2,1-13H3,(H,86,87)/b27-14-,28-15-/t29-,30-,32-,33+,34+,35-,36+,37+,38-,39-,40-,41+,42-,43+,44-,45+,46-,47+,48+,49-,50-,51+,52+,53+,54-,55-,56-,60-,61-,62-,63-,64+,67-,68+,69+,70-/m0/s1. The van der Waals surface area contributed by atoms with Gasteiger partial charge in [0.1, 0.15) is 110 Å². The molecule has 0 amide bonds. The zero-order valence-corrected chi connectivity index (χ0v) is 59.6. The first-order valence-electron chi connectivity index (χ1n) is 35.4. The number of aliphatic carboxylic acids is 1. The second kappa shape index (κ2) is 30.0. The highest BCUT2D eigenvalue weighted by Crippen LogP contribution is 2.76. The van der Waals surface area contributed by atoms with Crippen molar-refractivity contribution >= 4 is 17.9 Å². The molecule has 0 aromatic rings. The number of fused-ring (bicyclic) bond motifs is 7. The molecule has 36 atom stereocenters. The molecule has 101 heavy (non-hydrogen) atoms. The Morgan fingerprint density at radius 3 is 1.54 bits per heavy atom. The fraction of sp³-hybridized carbons (Fsp3) is 0.871. The van der Waals surface area contributed by atoms with Crippen LogP contribution >= 0.6 is 0 Å². The summed E-state index contributed by atoms with van der Waals surface area (Å²) in [6.07, 6.45) is -43.8. The van der Waals surface area contributed by atoms with Crippen LogP contribution in [0, 0.1) is 50.2 Å². The SMILES string of the molecule is C/C=C(/C)C(=O)O[C@H]1[C@H](OC(=O)/C(C)=C\C)[C@]2(CO)[C@H](O)C[C@]3(C)C(=CC[C@@H]4[C@@]5(C)CC[C@H](O[C@@H]6O[C@H](C(=O)O)[C@@H](O[C@@H]7O[C@H](CO)[C@H](O)[C@H](O)[C@H]7O[C@@H]7O[C@@H](C)[C@H](O)[C@@H](O)[C@H]7O[C@@H]7O[C@@H](C)[C@H](O)[C@@H](O)[C@H]7O)[C@H](O)[C@H]6O[C@@H]6O[C@H](CO)[C@@H](O)[C@H](O)[C@H]6O)C(C)(C)[C@@H]5CC[C@]43C)[C@@H]2CC1(C)C. The van der Waals surface area contributed by atoms with Crippen LogP contribution in [0.15, 0.2) is 34.9 Å². The van der Waals surface area contributed by atoms with E-state index in [0.29, 0.717) is 43.3 Å². The van der Waals surface area contributed by atoms with Gasteiger partial charge < -0.3 is 139 Å². The predicted molar refractivity (Wildman–Crippen MR) is 344 cm³/mol. The maximum Gasteiger partial charge on any atom is 0.335 e. The molecule has 5 aliphatic heterocycles. The van der Waals surface area contributed by atoms with Crippen LogP contribution in [0.1, 0.15) is 135 Å². The van der Waals surface area contributed by atoms with Gasteiger partial charge in [-0.25, -0.2) is 14.4 Å². The molecule has 0 aromatic heterocycles. The van der Waals surface area contributed by atoms with Crippen LogP contribution in [-0.4, -0.2) is 297 Å². The quantitative estimate of drug-likeness (QED) is 0.0317. The van der Waals surface area contributed by atoms with Crippen molar-refractivity contribution in [2.75, 3.05) is 19.8 Å². The largest absolute Gasteiger partial charge is 0.479 e. The van der Waals surface area contributed by atoms with Gasteiger partial charge in [0.15, 0.2) is 43.7 Å². The first-order valence-corrected chi connectivity index (χ1v) is 35.4. The molecule has 10 aliphatic rings. The molecule has 16 N–H and O–H groups in total. The van der Waals surface area contributed by atoms with Gasteiger partial charge in [0.2, 0.25) is 0 Å². The molecular formula is C70H110O31. The molecule has 31 heteroatoms. The van der Waals surface area contributed by atoms with Gasteiger partial charge in [-0.05, 0) is 126 Å². The topological polar surface area (TPSA) is 486 Å². The van der Waals surface area contributed by atoms with Gasteiger partial charge in [0, 0.05) is 16.6 Å². The lowest BCUT2D eigenvalue weighted by atomic mass is 9.33. The molecule has 5 saturated heterocycles. The highest BCUT2D eigenvalue weighted by molar-refractivity contribution is 5.89. The molecule has 5 heterocycles. The molecule has 0 radical (unpaired) electrons. The molecule has 0 bridgehead atoms. The lowest BCUT2D eigenvalue weighted by Crippen LogP contribution is -2.72. The van der Waals surface area contributed by atoms with Crippen molar-refractivity contribution in [2.45, 2.75) is 313 Å². The minimum atomic E-state index is -2.31. The number of hydrogen-bond donors (Lipinski definition) is 16. The second-order valence-corrected chi connectivity index (χ2v) is 32.0. The lowest BCUT2D eigenvalue weighted by molar-refractivity contribution is -0.408. The van der Waals surface area contributed by atoms with Crippen LogP contribution in [0.5, 0.6) is 0 Å². The number of rotatable bonds is 18. The summed E-state index contributed by atoms with van der Waals surface area (Å²) in [5.74, 6) is -3.86. The van der Waals surface area contributed by atoms with E-state index >= 15 is 0 Å². The summed E-state index contributed by atoms with van der Waals surface area (Å²) >= 11 is 0. The zero-order chi connectivity index (χ0) is 74.6. The predicted octanol–water partition coefficient (Wildman–Crippen LogP) is -1.64. The number of hydrogen-bond acceptors (Lipinski definition) is 30. The molecule has 10 rings (SSSR count). The van der Waals surface area contributed by atoms with E-state index in [2.05, 4.69) is 26.8 Å². The average molecular weight is 1450 g/mol. The number of aliphatic hydroxyl groups excluding tert-OH is 15. The molecule has 576 valence electrons. The molecule has 9 fully saturated rings. The first-order chi connectivity index (χ1) is 47.2. The molecule has 0 unspecified atom stereocenters. The Bertz CT molecular complexity index is 3030. The van der Waals surface area contributed by atoms with Crippen molar-refractivity contribution in [1.82, 2.24) is 0 Å². The van der Waals surface area contributed by atoms with Gasteiger partial charge in [-0.15, -0.1) is 0 Å². The van der Waals surface area contributed by atoms with E-state index in [1.54, 1.807) is 39.8 Å². The van der Waals surface area contributed by atoms with E-state index in [-0.39, 0.29) is 24.7 Å². The Balaban J connectivity index is 0.955. The van der Waals surface area contributed by atoms with Crippen LogP contribution in [0.4, 0.5) is 0 Å². The smallest absolute Gasteiger partial charge is 0.335 e. The molecule has 0 spiro atoms. The van der Waals surface area contributed by atoms with Crippen LogP contribution in [0.3, 0.4) is 0 Å². The highest BCUT2D eigenvalue weighted by atomic mass is 16.8. The number of carbonyl (C=O) groups is 3. The van der Waals surface area contributed by atoms with Crippen molar-refractivity contribution in [3.63, 3.8) is 0 Å². The highest BCUT2D eigenvalue weighted by Gasteiger charge is 2.74. The van der Waals surface area contributed by atoms with E-state index < -0.39 is 254 Å². The van der Waals surface area contributed by atoms with Crippen LogP contribution < -0.4 is 0 Å². The third kappa shape index (κ3) is 13.7. The van der Waals surface area contributed by atoms with Gasteiger partial charge in [-0.2, -0.15) is 0 Å². The fourth-order valence-corrected chi connectivity index (χ4v) is 19.2. The minimum Gasteiger partial charge on any atom is -0.479 e. The molecule has 0 aromatic carbocycles. The van der Waals surface area contributed by atoms with Crippen molar-refractivity contribution in [3.8, 4) is 0 Å². The van der Waals surface area contributed by atoms with E-state index in [0.717, 1.165) is 5.57 Å². The Kier molecular flexibility index (Phi) is 23.8. The van der Waals surface area contributed by atoms with E-state index in [4.69, 9.17) is 56.8 Å². The van der Waals surface area contributed by atoms with Gasteiger partial charge in [0.25, 0.3) is 0 Å². The van der Waals surface area contributed by atoms with Crippen LogP contribution in [0.2, 0.25) is 0 Å². The zero-order valence-electron chi connectivity index (χ0n) is 59.6.